The van der Waals surface area contributed by atoms with Gasteiger partial charge in [0.1, 0.15) is 24.8 Å². The first kappa shape index (κ1) is 42.9. The molecule has 0 fully saturated rings. The number of hydrogen-bond acceptors (Lipinski definition) is 8. The highest BCUT2D eigenvalue weighted by Crippen LogP contribution is 2.16. The Kier molecular flexibility index (Phi) is 16.8. The number of ether oxygens (including phenoxy) is 3. The van der Waals surface area contributed by atoms with Gasteiger partial charge in [0.05, 0.1) is 19.3 Å². The Bertz CT molecular complexity index is 1850. The van der Waals surface area contributed by atoms with E-state index in [4.69, 9.17) is 14.2 Å². The Morgan fingerprint density at radius 2 is 1.21 bits per heavy atom. The molecule has 3 unspecified atom stereocenters. The Morgan fingerprint density at radius 3 is 1.79 bits per heavy atom. The molecule has 12 nitrogen and oxygen atoms in total. The molecule has 4 aromatic rings. The number of rotatable bonds is 20. The number of alkyl carbamates (subject to hydrolysis) is 2. The molecule has 298 valence electrons. The van der Waals surface area contributed by atoms with E-state index in [1.807, 2.05) is 42.5 Å². The van der Waals surface area contributed by atoms with Crippen molar-refractivity contribution in [3.8, 4) is 0 Å². The van der Waals surface area contributed by atoms with Gasteiger partial charge in [-0.2, -0.15) is 0 Å². The van der Waals surface area contributed by atoms with E-state index < -0.39 is 59.2 Å². The summed E-state index contributed by atoms with van der Waals surface area (Å²) in [5.74, 6) is -2.67. The highest BCUT2D eigenvalue weighted by Gasteiger charge is 2.30. The lowest BCUT2D eigenvalue weighted by Crippen LogP contribution is -2.54. The number of aliphatic hydroxyl groups excluding tert-OH is 1. The van der Waals surface area contributed by atoms with Crippen LogP contribution < -0.4 is 21.3 Å². The summed E-state index contributed by atoms with van der Waals surface area (Å²) in [4.78, 5) is 51.6. The van der Waals surface area contributed by atoms with E-state index in [2.05, 4.69) is 21.3 Å². The molecular weight excluding hydrogens is 726 g/mol. The molecule has 0 bridgehead atoms. The fourth-order valence-corrected chi connectivity index (χ4v) is 5.39. The van der Waals surface area contributed by atoms with Gasteiger partial charge in [-0.3, -0.25) is 9.59 Å². The topological polar surface area (TPSA) is 164 Å². The van der Waals surface area contributed by atoms with E-state index in [9.17, 15) is 33.1 Å². The van der Waals surface area contributed by atoms with Crippen LogP contribution in [0.4, 0.5) is 18.4 Å². The van der Waals surface area contributed by atoms with E-state index in [1.54, 1.807) is 62.4 Å². The van der Waals surface area contributed by atoms with Crippen molar-refractivity contribution >= 4 is 24.0 Å². The van der Waals surface area contributed by atoms with Crippen molar-refractivity contribution in [3.63, 3.8) is 0 Å². The standard InChI is InChI=1S/C42H48F2N4O8/c1-42(2,27-45-37(49)22-34(21-32-20-33(43)18-19-35(32)44)47-40(52)55-24-30-14-8-4-9-15-30)28-46-39(51)38(50)36(26-54-23-29-12-6-3-7-13-29)48-41(53)56-25-31-16-10-5-11-17-31/h3-20,34,36,38,50H,21-28H2,1-2H3,(H,45,49)(H,46,51)(H,47,52)(H,48,53). The van der Waals surface area contributed by atoms with Crippen LogP contribution >= 0.6 is 0 Å². The highest BCUT2D eigenvalue weighted by atomic mass is 19.1. The second-order valence-electron chi connectivity index (χ2n) is 14.0. The van der Waals surface area contributed by atoms with E-state index in [-0.39, 0.29) is 57.9 Å². The fraction of sp³-hybridized carbons (Fsp3) is 0.333. The number of halogens is 2. The number of amides is 4. The Labute approximate surface area is 324 Å². The fourth-order valence-electron chi connectivity index (χ4n) is 5.39. The van der Waals surface area contributed by atoms with Gasteiger partial charge in [0.2, 0.25) is 5.91 Å². The molecule has 0 saturated carbocycles. The zero-order valence-corrected chi connectivity index (χ0v) is 31.3. The molecule has 0 aliphatic rings. The van der Waals surface area contributed by atoms with E-state index in [0.29, 0.717) is 0 Å². The zero-order chi connectivity index (χ0) is 40.3. The van der Waals surface area contributed by atoms with Gasteiger partial charge in [-0.05, 0) is 52.3 Å². The van der Waals surface area contributed by atoms with Gasteiger partial charge in [-0.25, -0.2) is 18.4 Å². The van der Waals surface area contributed by atoms with E-state index >= 15 is 0 Å². The summed E-state index contributed by atoms with van der Waals surface area (Å²) in [6.07, 6.45) is -3.91. The third kappa shape index (κ3) is 15.5. The van der Waals surface area contributed by atoms with Crippen LogP contribution in [0.2, 0.25) is 0 Å². The number of hydrogen-bond donors (Lipinski definition) is 5. The van der Waals surface area contributed by atoms with Crippen molar-refractivity contribution < 1.29 is 47.3 Å². The summed E-state index contributed by atoms with van der Waals surface area (Å²) < 4.78 is 44.8. The van der Waals surface area contributed by atoms with Gasteiger partial charge in [0, 0.05) is 25.6 Å². The predicted molar refractivity (Wildman–Crippen MR) is 204 cm³/mol. The first-order valence-electron chi connectivity index (χ1n) is 18.1. The smallest absolute Gasteiger partial charge is 0.407 e. The molecule has 0 saturated heterocycles. The molecule has 0 aliphatic heterocycles. The summed E-state index contributed by atoms with van der Waals surface area (Å²) in [6.45, 7) is 3.47. The van der Waals surface area contributed by atoms with Gasteiger partial charge in [-0.1, -0.05) is 105 Å². The summed E-state index contributed by atoms with van der Waals surface area (Å²) in [7, 11) is 0. The monoisotopic (exact) mass is 774 g/mol. The number of carbonyl (C=O) groups is 4. The third-order valence-corrected chi connectivity index (χ3v) is 8.52. The number of aliphatic hydroxyl groups is 1. The average molecular weight is 775 g/mol. The minimum absolute atomic E-state index is 0.00120. The molecule has 0 radical (unpaired) electrons. The van der Waals surface area contributed by atoms with Crippen molar-refractivity contribution in [2.75, 3.05) is 19.7 Å². The van der Waals surface area contributed by atoms with Gasteiger partial charge in [-0.15, -0.1) is 0 Å². The van der Waals surface area contributed by atoms with Crippen LogP contribution in [0.1, 0.15) is 42.5 Å². The van der Waals surface area contributed by atoms with Crippen LogP contribution in [0.3, 0.4) is 0 Å². The molecule has 5 N–H and O–H groups in total. The molecule has 0 spiro atoms. The maximum atomic E-state index is 14.5. The molecule has 56 heavy (non-hydrogen) atoms. The van der Waals surface area contributed by atoms with Gasteiger partial charge < -0.3 is 40.6 Å². The SMILES string of the molecule is CC(C)(CNC(=O)CC(Cc1cc(F)ccc1F)NC(=O)OCc1ccccc1)CNC(=O)C(O)C(COCc1ccccc1)NC(=O)OCc1ccccc1. The van der Waals surface area contributed by atoms with E-state index in [0.717, 1.165) is 34.9 Å². The molecule has 4 amide bonds. The van der Waals surface area contributed by atoms with E-state index in [1.165, 1.54) is 0 Å². The van der Waals surface area contributed by atoms with Crippen molar-refractivity contribution in [1.82, 2.24) is 21.3 Å². The third-order valence-electron chi connectivity index (χ3n) is 8.52. The molecular formula is C42H48F2N4O8. The minimum Gasteiger partial charge on any atom is -0.445 e. The quantitative estimate of drug-likeness (QED) is 0.0806. The maximum absolute atomic E-state index is 14.5. The second kappa shape index (κ2) is 21.9. The van der Waals surface area contributed by atoms with Crippen molar-refractivity contribution in [3.05, 3.63) is 143 Å². The largest absolute Gasteiger partial charge is 0.445 e. The first-order chi connectivity index (χ1) is 26.9. The predicted octanol–water partition coefficient (Wildman–Crippen LogP) is 5.32. The Morgan fingerprint density at radius 1 is 0.696 bits per heavy atom. The summed E-state index contributed by atoms with van der Waals surface area (Å²) in [5.41, 5.74) is 1.56. The van der Waals surface area contributed by atoms with Crippen LogP contribution in [0.25, 0.3) is 0 Å². The molecule has 3 atom stereocenters. The Hall–Kier alpha value is -5.86. The molecule has 4 aromatic carbocycles. The summed E-state index contributed by atoms with van der Waals surface area (Å²) in [6, 6.07) is 28.0. The molecule has 0 aliphatic carbocycles. The molecule has 14 heteroatoms. The number of nitrogens with one attached hydrogen (secondary N) is 4. The molecule has 4 rings (SSSR count). The maximum Gasteiger partial charge on any atom is 0.407 e. The Balaban J connectivity index is 1.30. The van der Waals surface area contributed by atoms with Crippen LogP contribution in [0, 0.1) is 17.0 Å². The normalized spacial score (nSPS) is 12.7. The lowest BCUT2D eigenvalue weighted by molar-refractivity contribution is -0.132. The molecule has 0 aromatic heterocycles. The number of benzene rings is 4. The van der Waals surface area contributed by atoms with Crippen LogP contribution in [0.5, 0.6) is 0 Å². The lowest BCUT2D eigenvalue weighted by Gasteiger charge is -2.28. The van der Waals surface area contributed by atoms with Crippen LogP contribution in [-0.4, -0.2) is 67.0 Å². The van der Waals surface area contributed by atoms with Crippen LogP contribution in [0.15, 0.2) is 109 Å². The summed E-state index contributed by atoms with van der Waals surface area (Å²) in [5, 5.41) is 21.6. The zero-order valence-electron chi connectivity index (χ0n) is 31.3. The summed E-state index contributed by atoms with van der Waals surface area (Å²) >= 11 is 0. The van der Waals surface area contributed by atoms with Gasteiger partial charge >= 0.3 is 12.2 Å². The lowest BCUT2D eigenvalue weighted by atomic mass is 9.93. The minimum atomic E-state index is -1.72. The second-order valence-corrected chi connectivity index (χ2v) is 14.0. The van der Waals surface area contributed by atoms with Crippen molar-refractivity contribution in [2.24, 2.45) is 5.41 Å². The first-order valence-corrected chi connectivity index (χ1v) is 18.1. The highest BCUT2D eigenvalue weighted by molar-refractivity contribution is 5.82. The van der Waals surface area contributed by atoms with Gasteiger partial charge in [0.15, 0.2) is 6.10 Å². The molecule has 0 heterocycles. The van der Waals surface area contributed by atoms with Crippen LogP contribution in [-0.2, 0) is 50.0 Å². The van der Waals surface area contributed by atoms with Gasteiger partial charge in [0.25, 0.3) is 5.91 Å². The van der Waals surface area contributed by atoms with Crippen molar-refractivity contribution in [2.45, 2.75) is 64.7 Å². The van der Waals surface area contributed by atoms with Crippen molar-refractivity contribution in [1.29, 1.82) is 0 Å². The number of carbonyl (C=O) groups excluding carboxylic acids is 4. The average Bonchev–Trinajstić information content (AvgIpc) is 3.19.